The molecule has 0 unspecified atom stereocenters. The van der Waals surface area contributed by atoms with E-state index in [1.807, 2.05) is 37.3 Å². The summed E-state index contributed by atoms with van der Waals surface area (Å²) in [5, 5.41) is 7.26. The van der Waals surface area contributed by atoms with Crippen molar-refractivity contribution in [1.82, 2.24) is 9.97 Å². The van der Waals surface area contributed by atoms with E-state index in [1.54, 1.807) is 0 Å². The molecule has 4 nitrogen and oxygen atoms in total. The molecule has 5 heteroatoms. The van der Waals surface area contributed by atoms with Crippen LogP contribution in [0.4, 0.5) is 11.8 Å². The quantitative estimate of drug-likeness (QED) is 0.877. The smallest absolute Gasteiger partial charge is 0.225 e. The molecule has 0 fully saturated rings. The number of nitrogens with one attached hydrogen (secondary N) is 2. The molecule has 0 aliphatic heterocycles. The second-order valence-corrected chi connectivity index (χ2v) is 5.43. The molecule has 0 amide bonds. The number of anilines is 2. The van der Waals surface area contributed by atoms with Gasteiger partial charge in [-0.2, -0.15) is 4.98 Å². The fourth-order valence-electron chi connectivity index (χ4n) is 1.78. The van der Waals surface area contributed by atoms with Crippen LogP contribution in [0.25, 0.3) is 0 Å². The second-order valence-electron chi connectivity index (χ2n) is 5.00. The number of aryl methyl sites for hydroxylation is 1. The lowest BCUT2D eigenvalue weighted by molar-refractivity contribution is 0.870. The predicted octanol–water partition coefficient (Wildman–Crippen LogP) is 3.87. The van der Waals surface area contributed by atoms with E-state index < -0.39 is 0 Å². The summed E-state index contributed by atoms with van der Waals surface area (Å²) in [5.41, 5.74) is 2.09. The molecule has 0 spiro atoms. The Balaban J connectivity index is 2.05. The van der Waals surface area contributed by atoms with Gasteiger partial charge < -0.3 is 10.6 Å². The van der Waals surface area contributed by atoms with Crippen molar-refractivity contribution < 1.29 is 0 Å². The van der Waals surface area contributed by atoms with Crippen molar-refractivity contribution in [1.29, 1.82) is 0 Å². The third-order valence-corrected chi connectivity index (χ3v) is 2.91. The molecule has 2 aromatic rings. The minimum Gasteiger partial charge on any atom is -0.366 e. The summed E-state index contributed by atoms with van der Waals surface area (Å²) in [7, 11) is 0. The van der Waals surface area contributed by atoms with Crippen LogP contribution in [0.2, 0.25) is 5.02 Å². The summed E-state index contributed by atoms with van der Waals surface area (Å²) in [6.07, 6.45) is 0. The van der Waals surface area contributed by atoms with Crippen molar-refractivity contribution >= 4 is 23.4 Å². The van der Waals surface area contributed by atoms with Crippen LogP contribution in [0.1, 0.15) is 25.1 Å². The van der Waals surface area contributed by atoms with Crippen LogP contribution in [0.15, 0.2) is 30.3 Å². The number of benzene rings is 1. The summed E-state index contributed by atoms with van der Waals surface area (Å²) < 4.78 is 0. The third-order valence-electron chi connectivity index (χ3n) is 2.66. The van der Waals surface area contributed by atoms with Crippen molar-refractivity contribution in [3.63, 3.8) is 0 Å². The third kappa shape index (κ3) is 4.38. The number of halogens is 1. The van der Waals surface area contributed by atoms with Gasteiger partial charge in [-0.1, -0.05) is 23.7 Å². The monoisotopic (exact) mass is 290 g/mol. The number of hydrogen-bond acceptors (Lipinski definition) is 4. The molecule has 0 saturated carbocycles. The van der Waals surface area contributed by atoms with Gasteiger partial charge in [-0.25, -0.2) is 4.98 Å². The Morgan fingerprint density at radius 2 is 1.85 bits per heavy atom. The normalized spacial score (nSPS) is 10.7. The Hall–Kier alpha value is -1.81. The Morgan fingerprint density at radius 1 is 1.15 bits per heavy atom. The van der Waals surface area contributed by atoms with Crippen molar-refractivity contribution in [3.8, 4) is 0 Å². The van der Waals surface area contributed by atoms with E-state index >= 15 is 0 Å². The second kappa shape index (κ2) is 6.57. The summed E-state index contributed by atoms with van der Waals surface area (Å²) >= 11 is 5.87. The number of nitrogens with zero attached hydrogens (tertiary/aromatic N) is 2. The molecule has 0 bridgehead atoms. The first kappa shape index (κ1) is 14.6. The van der Waals surface area contributed by atoms with E-state index in [4.69, 9.17) is 11.6 Å². The Labute approximate surface area is 124 Å². The van der Waals surface area contributed by atoms with Gasteiger partial charge in [-0.3, -0.25) is 0 Å². The van der Waals surface area contributed by atoms with Crippen LogP contribution in [-0.2, 0) is 6.54 Å². The first-order chi connectivity index (χ1) is 9.52. The van der Waals surface area contributed by atoms with E-state index in [0.29, 0.717) is 18.5 Å². The summed E-state index contributed by atoms with van der Waals surface area (Å²) in [6, 6.07) is 10.0. The standard InChI is InChI=1S/C15H19ClN4/c1-10(2)18-15-19-11(3)8-14(20-15)17-9-12-4-6-13(16)7-5-12/h4-8,10H,9H2,1-3H3,(H2,17,18,19,20). The Kier molecular flexibility index (Phi) is 4.79. The molecule has 0 radical (unpaired) electrons. The van der Waals surface area contributed by atoms with Gasteiger partial charge in [0.05, 0.1) is 0 Å². The van der Waals surface area contributed by atoms with Gasteiger partial charge in [0.25, 0.3) is 0 Å². The molecule has 106 valence electrons. The molecular formula is C15H19ClN4. The molecule has 0 aliphatic rings. The average molecular weight is 291 g/mol. The molecule has 1 aromatic carbocycles. The lowest BCUT2D eigenvalue weighted by Crippen LogP contribution is -2.14. The topological polar surface area (TPSA) is 49.8 Å². The average Bonchev–Trinajstić information content (AvgIpc) is 2.36. The molecular weight excluding hydrogens is 272 g/mol. The highest BCUT2D eigenvalue weighted by atomic mass is 35.5. The van der Waals surface area contributed by atoms with Gasteiger partial charge in [-0.05, 0) is 38.5 Å². The number of aromatic nitrogens is 2. The lowest BCUT2D eigenvalue weighted by atomic mass is 10.2. The van der Waals surface area contributed by atoms with Crippen molar-refractivity contribution in [2.45, 2.75) is 33.4 Å². The first-order valence-electron chi connectivity index (χ1n) is 6.63. The number of hydrogen-bond donors (Lipinski definition) is 2. The van der Waals surface area contributed by atoms with Crippen molar-refractivity contribution in [2.75, 3.05) is 10.6 Å². The van der Waals surface area contributed by atoms with Gasteiger partial charge in [-0.15, -0.1) is 0 Å². The molecule has 0 saturated heterocycles. The Morgan fingerprint density at radius 3 is 2.50 bits per heavy atom. The largest absolute Gasteiger partial charge is 0.366 e. The first-order valence-corrected chi connectivity index (χ1v) is 7.01. The van der Waals surface area contributed by atoms with Gasteiger partial charge in [0.2, 0.25) is 5.95 Å². The zero-order chi connectivity index (χ0) is 14.5. The van der Waals surface area contributed by atoms with Crippen LogP contribution in [0, 0.1) is 6.92 Å². The van der Waals surface area contributed by atoms with Gasteiger partial charge >= 0.3 is 0 Å². The molecule has 1 aromatic heterocycles. The molecule has 2 N–H and O–H groups in total. The molecule has 2 rings (SSSR count). The summed E-state index contributed by atoms with van der Waals surface area (Å²) in [4.78, 5) is 8.81. The Bertz CT molecular complexity index is 567. The van der Waals surface area contributed by atoms with E-state index in [1.165, 1.54) is 0 Å². The van der Waals surface area contributed by atoms with Gasteiger partial charge in [0.15, 0.2) is 0 Å². The van der Waals surface area contributed by atoms with Gasteiger partial charge in [0, 0.05) is 29.4 Å². The maximum atomic E-state index is 5.87. The number of rotatable bonds is 5. The van der Waals surface area contributed by atoms with Crippen LogP contribution in [-0.4, -0.2) is 16.0 Å². The van der Waals surface area contributed by atoms with Gasteiger partial charge in [0.1, 0.15) is 5.82 Å². The van der Waals surface area contributed by atoms with E-state index in [2.05, 4.69) is 34.4 Å². The minimum atomic E-state index is 0.306. The fraction of sp³-hybridized carbons (Fsp3) is 0.333. The molecule has 0 atom stereocenters. The summed E-state index contributed by atoms with van der Waals surface area (Å²) in [5.74, 6) is 1.47. The zero-order valence-corrected chi connectivity index (χ0v) is 12.7. The molecule has 1 heterocycles. The van der Waals surface area contributed by atoms with E-state index in [-0.39, 0.29) is 0 Å². The van der Waals surface area contributed by atoms with Crippen LogP contribution >= 0.6 is 11.6 Å². The molecule has 20 heavy (non-hydrogen) atoms. The molecule has 0 aliphatic carbocycles. The van der Waals surface area contributed by atoms with Crippen LogP contribution in [0.3, 0.4) is 0 Å². The zero-order valence-electron chi connectivity index (χ0n) is 11.9. The van der Waals surface area contributed by atoms with Crippen LogP contribution < -0.4 is 10.6 Å². The predicted molar refractivity (Wildman–Crippen MR) is 84.3 cm³/mol. The minimum absolute atomic E-state index is 0.306. The van der Waals surface area contributed by atoms with Crippen molar-refractivity contribution in [3.05, 3.63) is 46.6 Å². The van der Waals surface area contributed by atoms with Crippen molar-refractivity contribution in [2.24, 2.45) is 0 Å². The highest BCUT2D eigenvalue weighted by Crippen LogP contribution is 2.13. The maximum Gasteiger partial charge on any atom is 0.225 e. The maximum absolute atomic E-state index is 5.87. The highest BCUT2D eigenvalue weighted by molar-refractivity contribution is 6.30. The van der Waals surface area contributed by atoms with E-state index in [9.17, 15) is 0 Å². The SMILES string of the molecule is Cc1cc(NCc2ccc(Cl)cc2)nc(NC(C)C)n1. The lowest BCUT2D eigenvalue weighted by Gasteiger charge is -2.11. The summed E-state index contributed by atoms with van der Waals surface area (Å²) in [6.45, 7) is 6.79. The highest BCUT2D eigenvalue weighted by Gasteiger charge is 2.03. The van der Waals surface area contributed by atoms with E-state index in [0.717, 1.165) is 22.1 Å². The van der Waals surface area contributed by atoms with Crippen LogP contribution in [0.5, 0.6) is 0 Å². The fourth-order valence-corrected chi connectivity index (χ4v) is 1.90.